The minimum Gasteiger partial charge on any atom is -0.463 e. The summed E-state index contributed by atoms with van der Waals surface area (Å²) < 4.78 is 4.88. The quantitative estimate of drug-likeness (QED) is 0.284. The molecule has 21 heavy (non-hydrogen) atoms. The highest BCUT2D eigenvalue weighted by Gasteiger charge is 2.23. The minimum absolute atomic E-state index is 0.0961. The largest absolute Gasteiger partial charge is 0.463 e. The van der Waals surface area contributed by atoms with Crippen LogP contribution in [0.1, 0.15) is 60.3 Å². The monoisotopic (exact) mass is 360 g/mol. The molecule has 0 bridgehead atoms. The van der Waals surface area contributed by atoms with Gasteiger partial charge in [0.2, 0.25) is 0 Å². The topological polar surface area (TPSA) is 46.5 Å². The van der Waals surface area contributed by atoms with Crippen LogP contribution < -0.4 is 0 Å². The average Bonchev–Trinajstić information content (AvgIpc) is 2.34. The standard InChI is InChI=1S/C17H29BrO3/c1-6-21-16(19)12-14(3)9-7-8-13(2)10-11-15(18)17(4,5)20/h8,12,15,20H,6-7,9-11H2,1-5H3. The molecule has 1 atom stereocenters. The molecule has 122 valence electrons. The number of halogens is 1. The first kappa shape index (κ1) is 20.4. The number of hydrogen-bond acceptors (Lipinski definition) is 3. The van der Waals surface area contributed by atoms with Crippen LogP contribution in [0.5, 0.6) is 0 Å². The van der Waals surface area contributed by atoms with Crippen molar-refractivity contribution in [2.24, 2.45) is 0 Å². The van der Waals surface area contributed by atoms with E-state index in [-0.39, 0.29) is 10.8 Å². The number of allylic oxidation sites excluding steroid dienone is 3. The second-order valence-electron chi connectivity index (χ2n) is 5.99. The molecule has 4 heteroatoms. The lowest BCUT2D eigenvalue weighted by atomic mass is 9.98. The number of carbonyl (C=O) groups excluding carboxylic acids is 1. The molecule has 1 N–H and O–H groups in total. The molecule has 0 aromatic carbocycles. The maximum atomic E-state index is 11.3. The molecular weight excluding hydrogens is 332 g/mol. The molecule has 0 aliphatic carbocycles. The second-order valence-corrected chi connectivity index (χ2v) is 7.10. The van der Waals surface area contributed by atoms with Crippen LogP contribution in [-0.2, 0) is 9.53 Å². The molecule has 3 nitrogen and oxygen atoms in total. The van der Waals surface area contributed by atoms with E-state index in [0.29, 0.717) is 6.61 Å². The van der Waals surface area contributed by atoms with Gasteiger partial charge in [0.1, 0.15) is 0 Å². The van der Waals surface area contributed by atoms with Crippen LogP contribution in [0.3, 0.4) is 0 Å². The summed E-state index contributed by atoms with van der Waals surface area (Å²) in [5.41, 5.74) is 1.65. The fourth-order valence-corrected chi connectivity index (χ4v) is 2.04. The molecule has 0 aromatic heterocycles. The van der Waals surface area contributed by atoms with Gasteiger partial charge < -0.3 is 9.84 Å². The molecule has 0 aliphatic rings. The summed E-state index contributed by atoms with van der Waals surface area (Å²) in [5.74, 6) is -0.261. The van der Waals surface area contributed by atoms with Gasteiger partial charge in [-0.15, -0.1) is 0 Å². The lowest BCUT2D eigenvalue weighted by molar-refractivity contribution is -0.137. The van der Waals surface area contributed by atoms with Gasteiger partial charge in [-0.2, -0.15) is 0 Å². The minimum atomic E-state index is -0.695. The van der Waals surface area contributed by atoms with Gasteiger partial charge >= 0.3 is 5.97 Å². The van der Waals surface area contributed by atoms with Crippen LogP contribution in [0.4, 0.5) is 0 Å². The third-order valence-electron chi connectivity index (χ3n) is 3.24. The van der Waals surface area contributed by atoms with E-state index in [1.807, 2.05) is 20.8 Å². The highest BCUT2D eigenvalue weighted by Crippen LogP contribution is 2.24. The molecule has 1 unspecified atom stereocenters. The molecule has 0 amide bonds. The van der Waals surface area contributed by atoms with E-state index in [1.165, 1.54) is 5.57 Å². The summed E-state index contributed by atoms with van der Waals surface area (Å²) in [7, 11) is 0. The van der Waals surface area contributed by atoms with Crippen molar-refractivity contribution in [2.75, 3.05) is 6.61 Å². The lowest BCUT2D eigenvalue weighted by Crippen LogP contribution is -2.31. The molecule has 0 spiro atoms. The Balaban J connectivity index is 4.11. The van der Waals surface area contributed by atoms with E-state index in [1.54, 1.807) is 13.0 Å². The summed E-state index contributed by atoms with van der Waals surface area (Å²) >= 11 is 3.52. The molecule has 0 rings (SSSR count). The van der Waals surface area contributed by atoms with Crippen LogP contribution in [0, 0.1) is 0 Å². The van der Waals surface area contributed by atoms with Gasteiger partial charge in [0.15, 0.2) is 0 Å². The Morgan fingerprint density at radius 1 is 1.29 bits per heavy atom. The van der Waals surface area contributed by atoms with Crippen molar-refractivity contribution >= 4 is 21.9 Å². The van der Waals surface area contributed by atoms with E-state index >= 15 is 0 Å². The summed E-state index contributed by atoms with van der Waals surface area (Å²) in [6, 6.07) is 0. The normalized spacial score (nSPS) is 15.0. The third-order valence-corrected chi connectivity index (χ3v) is 4.82. The zero-order valence-electron chi connectivity index (χ0n) is 13.9. The fraction of sp³-hybridized carbons (Fsp3) is 0.706. The molecule has 0 fully saturated rings. The maximum absolute atomic E-state index is 11.3. The molecule has 0 saturated heterocycles. The summed E-state index contributed by atoms with van der Waals surface area (Å²) in [5, 5.41) is 9.86. The molecule has 0 aliphatic heterocycles. The number of esters is 1. The van der Waals surface area contributed by atoms with Crippen LogP contribution in [0.15, 0.2) is 23.3 Å². The van der Waals surface area contributed by atoms with Gasteiger partial charge in [0.25, 0.3) is 0 Å². The first-order chi connectivity index (χ1) is 9.66. The summed E-state index contributed by atoms with van der Waals surface area (Å²) in [6.07, 6.45) is 7.41. The van der Waals surface area contributed by atoms with Gasteiger partial charge in [-0.05, 0) is 60.3 Å². The Hall–Kier alpha value is -0.610. The first-order valence-corrected chi connectivity index (χ1v) is 8.44. The lowest BCUT2D eigenvalue weighted by Gasteiger charge is -2.24. The van der Waals surface area contributed by atoms with E-state index < -0.39 is 5.60 Å². The predicted molar refractivity (Wildman–Crippen MR) is 91.6 cm³/mol. The van der Waals surface area contributed by atoms with E-state index in [0.717, 1.165) is 31.3 Å². The van der Waals surface area contributed by atoms with Crippen molar-refractivity contribution in [3.63, 3.8) is 0 Å². The van der Waals surface area contributed by atoms with Crippen molar-refractivity contribution in [3.05, 3.63) is 23.3 Å². The number of rotatable bonds is 9. The van der Waals surface area contributed by atoms with Crippen molar-refractivity contribution in [1.82, 2.24) is 0 Å². The molecule has 0 heterocycles. The van der Waals surface area contributed by atoms with Crippen molar-refractivity contribution in [2.45, 2.75) is 70.7 Å². The Morgan fingerprint density at radius 3 is 2.43 bits per heavy atom. The van der Waals surface area contributed by atoms with Gasteiger partial charge in [0, 0.05) is 10.9 Å². The maximum Gasteiger partial charge on any atom is 0.330 e. The van der Waals surface area contributed by atoms with Crippen molar-refractivity contribution < 1.29 is 14.6 Å². The molecule has 0 saturated carbocycles. The number of ether oxygens (including phenoxy) is 1. The van der Waals surface area contributed by atoms with Crippen LogP contribution in [0.2, 0.25) is 0 Å². The van der Waals surface area contributed by atoms with Crippen molar-refractivity contribution in [1.29, 1.82) is 0 Å². The Kier molecular flexibility index (Phi) is 9.88. The number of carbonyl (C=O) groups is 1. The van der Waals surface area contributed by atoms with Crippen LogP contribution in [-0.4, -0.2) is 28.1 Å². The fourth-order valence-electron chi connectivity index (χ4n) is 1.81. The van der Waals surface area contributed by atoms with Crippen molar-refractivity contribution in [3.8, 4) is 0 Å². The van der Waals surface area contributed by atoms with E-state index in [4.69, 9.17) is 4.74 Å². The highest BCUT2D eigenvalue weighted by molar-refractivity contribution is 9.09. The Bertz CT molecular complexity index is 378. The summed E-state index contributed by atoms with van der Waals surface area (Å²) in [4.78, 5) is 11.4. The van der Waals surface area contributed by atoms with Gasteiger partial charge in [-0.1, -0.05) is 33.2 Å². The Morgan fingerprint density at radius 2 is 1.90 bits per heavy atom. The molecular formula is C17H29BrO3. The number of hydrogen-bond donors (Lipinski definition) is 1. The highest BCUT2D eigenvalue weighted by atomic mass is 79.9. The first-order valence-electron chi connectivity index (χ1n) is 7.52. The Labute approximate surface area is 137 Å². The third kappa shape index (κ3) is 10.7. The predicted octanol–water partition coefficient (Wildman–Crippen LogP) is 4.54. The smallest absolute Gasteiger partial charge is 0.330 e. The van der Waals surface area contributed by atoms with Crippen LogP contribution >= 0.6 is 15.9 Å². The van der Waals surface area contributed by atoms with Crippen LogP contribution in [0.25, 0.3) is 0 Å². The van der Waals surface area contributed by atoms with Gasteiger partial charge in [0.05, 0.1) is 12.2 Å². The van der Waals surface area contributed by atoms with Gasteiger partial charge in [-0.3, -0.25) is 0 Å². The van der Waals surface area contributed by atoms with E-state index in [9.17, 15) is 9.90 Å². The van der Waals surface area contributed by atoms with E-state index in [2.05, 4.69) is 28.9 Å². The second kappa shape index (κ2) is 10.2. The zero-order valence-corrected chi connectivity index (χ0v) is 15.5. The zero-order chi connectivity index (χ0) is 16.5. The number of aliphatic hydroxyl groups is 1. The molecule has 0 aromatic rings. The number of alkyl halides is 1. The molecule has 0 radical (unpaired) electrons. The SMILES string of the molecule is CCOC(=O)C=C(C)CCC=C(C)CCC(Br)C(C)(C)O. The summed E-state index contributed by atoms with van der Waals surface area (Å²) in [6.45, 7) is 9.90. The average molecular weight is 361 g/mol. The van der Waals surface area contributed by atoms with Gasteiger partial charge in [-0.25, -0.2) is 4.79 Å².